The van der Waals surface area contributed by atoms with Crippen molar-refractivity contribution in [2.24, 2.45) is 7.05 Å². The van der Waals surface area contributed by atoms with Gasteiger partial charge in [-0.15, -0.1) is 0 Å². The maximum absolute atomic E-state index is 13.0. The first-order chi connectivity index (χ1) is 15.3. The highest BCUT2D eigenvalue weighted by molar-refractivity contribution is 7.91. The lowest BCUT2D eigenvalue weighted by Crippen LogP contribution is -2.30. The molecule has 33 heavy (non-hydrogen) atoms. The molecule has 3 heterocycles. The number of sulfone groups is 1. The van der Waals surface area contributed by atoms with Gasteiger partial charge in [0.1, 0.15) is 17.1 Å². The van der Waals surface area contributed by atoms with Crippen LogP contribution in [0.3, 0.4) is 0 Å². The number of pyridine rings is 2. The third kappa shape index (κ3) is 4.90. The van der Waals surface area contributed by atoms with E-state index >= 15 is 0 Å². The monoisotopic (exact) mass is 503 g/mol. The van der Waals surface area contributed by atoms with Crippen LogP contribution in [0.1, 0.15) is 12.6 Å². The Morgan fingerprint density at radius 2 is 1.88 bits per heavy atom. The van der Waals surface area contributed by atoms with Gasteiger partial charge in [-0.1, -0.05) is 6.92 Å². The molecule has 1 unspecified atom stereocenters. The number of fused-ring (bicyclic) bond motifs is 1. The molecule has 3 aromatic rings. The molecular formula is C19H20F3N5O4S2. The summed E-state index contributed by atoms with van der Waals surface area (Å²) in [5.41, 5.74) is -0.827. The minimum Gasteiger partial charge on any atom is -0.324 e. The lowest BCUT2D eigenvalue weighted by molar-refractivity contribution is -0.141. The van der Waals surface area contributed by atoms with E-state index in [4.69, 9.17) is 0 Å². The number of nitrogens with zero attached hydrogens (tertiary/aromatic N) is 5. The summed E-state index contributed by atoms with van der Waals surface area (Å²) in [6, 6.07) is 2.02. The SMILES string of the molecule is CCS(=O)(=O)c1cc(N(C)C(=O)CS(C)=O)cnc1-c1nc2cc(C(F)(F)F)ncc2n1C. The van der Waals surface area contributed by atoms with Gasteiger partial charge in [0.05, 0.1) is 39.8 Å². The fourth-order valence-electron chi connectivity index (χ4n) is 3.05. The zero-order valence-electron chi connectivity index (χ0n) is 18.0. The standard InChI is InChI=1S/C19H20F3N5O4S2/c1-5-33(30,31)14-6-11(26(2)16(28)10-32(4)29)8-24-17(14)18-25-12-7-15(19(20,21)22)23-9-13(12)27(18)3/h6-9H,5,10H2,1-4H3. The third-order valence-corrected chi connectivity index (χ3v) is 7.31. The van der Waals surface area contributed by atoms with Crippen molar-refractivity contribution in [3.05, 3.63) is 30.2 Å². The molecule has 1 amide bonds. The van der Waals surface area contributed by atoms with Gasteiger partial charge in [-0.3, -0.25) is 9.00 Å². The van der Waals surface area contributed by atoms with E-state index in [0.717, 1.165) is 17.2 Å². The number of imidazole rings is 1. The van der Waals surface area contributed by atoms with Gasteiger partial charge < -0.3 is 9.47 Å². The van der Waals surface area contributed by atoms with E-state index in [1.54, 1.807) is 0 Å². The lowest BCUT2D eigenvalue weighted by atomic mass is 10.3. The number of amides is 1. The van der Waals surface area contributed by atoms with Gasteiger partial charge >= 0.3 is 6.18 Å². The average molecular weight is 504 g/mol. The second-order valence-electron chi connectivity index (χ2n) is 7.16. The fraction of sp³-hybridized carbons (Fsp3) is 0.368. The zero-order chi connectivity index (χ0) is 24.7. The Labute approximate surface area is 190 Å². The van der Waals surface area contributed by atoms with Gasteiger partial charge in [-0.25, -0.2) is 23.4 Å². The normalized spacial score (nSPS) is 13.3. The summed E-state index contributed by atoms with van der Waals surface area (Å²) in [6.45, 7) is 1.43. The topological polar surface area (TPSA) is 115 Å². The minimum atomic E-state index is -4.66. The molecule has 0 aliphatic carbocycles. The first-order valence-corrected chi connectivity index (χ1v) is 12.8. The van der Waals surface area contributed by atoms with E-state index in [1.807, 2.05) is 0 Å². The largest absolute Gasteiger partial charge is 0.433 e. The van der Waals surface area contributed by atoms with Crippen molar-refractivity contribution in [3.63, 3.8) is 0 Å². The summed E-state index contributed by atoms with van der Waals surface area (Å²) in [5, 5.41) is 0. The number of hydrogen-bond donors (Lipinski definition) is 0. The Hall–Kier alpha value is -2.87. The Kier molecular flexibility index (Phi) is 6.62. The van der Waals surface area contributed by atoms with Crippen molar-refractivity contribution < 1.29 is 30.6 Å². The zero-order valence-corrected chi connectivity index (χ0v) is 19.7. The molecule has 0 fully saturated rings. The van der Waals surface area contributed by atoms with Crippen LogP contribution in [0.5, 0.6) is 0 Å². The molecule has 0 spiro atoms. The summed E-state index contributed by atoms with van der Waals surface area (Å²) in [4.78, 5) is 25.0. The predicted octanol–water partition coefficient (Wildman–Crippen LogP) is 2.18. The van der Waals surface area contributed by atoms with Crippen molar-refractivity contribution in [2.45, 2.75) is 18.0 Å². The number of anilines is 1. The van der Waals surface area contributed by atoms with Crippen LogP contribution in [0.15, 0.2) is 29.4 Å². The predicted molar refractivity (Wildman–Crippen MR) is 117 cm³/mol. The summed E-state index contributed by atoms with van der Waals surface area (Å²) >= 11 is 0. The van der Waals surface area contributed by atoms with Crippen molar-refractivity contribution in [2.75, 3.05) is 29.7 Å². The van der Waals surface area contributed by atoms with E-state index in [2.05, 4.69) is 15.0 Å². The Balaban J connectivity index is 2.20. The number of aromatic nitrogens is 4. The Bertz CT molecular complexity index is 1370. The Morgan fingerprint density at radius 1 is 1.21 bits per heavy atom. The van der Waals surface area contributed by atoms with E-state index in [-0.39, 0.29) is 44.6 Å². The van der Waals surface area contributed by atoms with Gasteiger partial charge in [0.25, 0.3) is 0 Å². The molecule has 3 rings (SSSR count). The quantitative estimate of drug-likeness (QED) is 0.506. The molecule has 0 aromatic carbocycles. The highest BCUT2D eigenvalue weighted by Crippen LogP contribution is 2.33. The molecule has 0 aliphatic rings. The molecule has 0 N–H and O–H groups in total. The van der Waals surface area contributed by atoms with Crippen LogP contribution in [-0.2, 0) is 38.7 Å². The van der Waals surface area contributed by atoms with Gasteiger partial charge in [-0.05, 0) is 12.1 Å². The van der Waals surface area contributed by atoms with E-state index in [0.29, 0.717) is 0 Å². The van der Waals surface area contributed by atoms with Crippen LogP contribution in [0.4, 0.5) is 18.9 Å². The molecule has 0 radical (unpaired) electrons. The molecule has 1 atom stereocenters. The number of rotatable bonds is 6. The minimum absolute atomic E-state index is 0.0216. The molecule has 14 heteroatoms. The summed E-state index contributed by atoms with van der Waals surface area (Å²) in [7, 11) is -2.37. The molecule has 178 valence electrons. The Morgan fingerprint density at radius 3 is 2.45 bits per heavy atom. The first kappa shape index (κ1) is 24.8. The van der Waals surface area contributed by atoms with E-state index in [9.17, 15) is 30.6 Å². The van der Waals surface area contributed by atoms with Crippen LogP contribution in [0.2, 0.25) is 0 Å². The lowest BCUT2D eigenvalue weighted by Gasteiger charge is -2.18. The van der Waals surface area contributed by atoms with Crippen LogP contribution in [0, 0.1) is 0 Å². The van der Waals surface area contributed by atoms with E-state index < -0.39 is 38.4 Å². The highest BCUT2D eigenvalue weighted by Gasteiger charge is 2.33. The number of hydrogen-bond acceptors (Lipinski definition) is 7. The van der Waals surface area contributed by atoms with Crippen molar-refractivity contribution in [1.82, 2.24) is 19.5 Å². The highest BCUT2D eigenvalue weighted by atomic mass is 32.2. The number of carbonyl (C=O) groups excluding carboxylic acids is 1. The maximum atomic E-state index is 13.0. The molecule has 0 saturated carbocycles. The number of alkyl halides is 3. The van der Waals surface area contributed by atoms with Crippen LogP contribution >= 0.6 is 0 Å². The van der Waals surface area contributed by atoms with Gasteiger partial charge in [-0.2, -0.15) is 13.2 Å². The molecule has 0 aliphatic heterocycles. The van der Waals surface area contributed by atoms with Crippen LogP contribution in [0.25, 0.3) is 22.6 Å². The summed E-state index contributed by atoms with van der Waals surface area (Å²) in [6.07, 6.45) is -1.04. The van der Waals surface area contributed by atoms with Gasteiger partial charge in [0, 0.05) is 31.2 Å². The first-order valence-electron chi connectivity index (χ1n) is 9.45. The average Bonchev–Trinajstić information content (AvgIpc) is 3.07. The number of halogens is 3. The van der Waals surface area contributed by atoms with Crippen molar-refractivity contribution in [3.8, 4) is 11.5 Å². The van der Waals surface area contributed by atoms with Crippen molar-refractivity contribution in [1.29, 1.82) is 0 Å². The second-order valence-corrected chi connectivity index (χ2v) is 10.8. The van der Waals surface area contributed by atoms with Crippen molar-refractivity contribution >= 4 is 43.3 Å². The number of aryl methyl sites for hydroxylation is 1. The summed E-state index contributed by atoms with van der Waals surface area (Å²) < 4.78 is 77.6. The number of carbonyl (C=O) groups is 1. The smallest absolute Gasteiger partial charge is 0.324 e. The fourth-order valence-corrected chi connectivity index (χ4v) is 4.64. The molecule has 0 bridgehead atoms. The van der Waals surface area contributed by atoms with Gasteiger partial charge in [0.15, 0.2) is 15.7 Å². The molecule has 0 saturated heterocycles. The molecule has 9 nitrogen and oxygen atoms in total. The van der Waals surface area contributed by atoms with Crippen LogP contribution in [-0.4, -0.2) is 62.9 Å². The van der Waals surface area contributed by atoms with Gasteiger partial charge in [0.2, 0.25) is 5.91 Å². The third-order valence-electron chi connectivity index (χ3n) is 4.91. The van der Waals surface area contributed by atoms with E-state index in [1.165, 1.54) is 44.1 Å². The molecular weight excluding hydrogens is 483 g/mol. The summed E-state index contributed by atoms with van der Waals surface area (Å²) in [5.74, 6) is -1.02. The second kappa shape index (κ2) is 8.82. The van der Waals surface area contributed by atoms with Crippen LogP contribution < -0.4 is 4.90 Å². The molecule has 3 aromatic heterocycles. The maximum Gasteiger partial charge on any atom is 0.433 e.